The Bertz CT molecular complexity index is 445. The van der Waals surface area contributed by atoms with Crippen LogP contribution in [-0.4, -0.2) is 24.4 Å². The summed E-state index contributed by atoms with van der Waals surface area (Å²) in [6.07, 6.45) is 0.857. The Hall–Kier alpha value is -1.13. The topological polar surface area (TPSA) is 38.7 Å². The highest BCUT2D eigenvalue weighted by molar-refractivity contribution is 5.39. The molecule has 1 aliphatic heterocycles. The largest absolute Gasteiger partial charge is 0.496 e. The Morgan fingerprint density at radius 3 is 2.72 bits per heavy atom. The van der Waals surface area contributed by atoms with Gasteiger partial charge in [-0.1, -0.05) is 0 Å². The maximum Gasteiger partial charge on any atom is 0.125 e. The first-order valence-electron chi connectivity index (χ1n) is 6.07. The van der Waals surface area contributed by atoms with Crippen molar-refractivity contribution >= 4 is 0 Å². The van der Waals surface area contributed by atoms with Crippen molar-refractivity contribution in [3.63, 3.8) is 0 Å². The van der Waals surface area contributed by atoms with Crippen LogP contribution in [0.5, 0.6) is 5.75 Å². The normalized spacial score (nSPS) is 26.9. The van der Waals surface area contributed by atoms with E-state index >= 15 is 0 Å². The molecule has 1 fully saturated rings. The van der Waals surface area contributed by atoms with E-state index in [9.17, 15) is 9.50 Å². The van der Waals surface area contributed by atoms with Gasteiger partial charge in [-0.2, -0.15) is 0 Å². The van der Waals surface area contributed by atoms with E-state index in [0.717, 1.165) is 0 Å². The predicted molar refractivity (Wildman–Crippen MR) is 66.1 cm³/mol. The number of benzene rings is 1. The Morgan fingerprint density at radius 1 is 1.39 bits per heavy atom. The van der Waals surface area contributed by atoms with Crippen LogP contribution in [0.2, 0.25) is 0 Å². The molecular formula is C14H19FO3. The summed E-state index contributed by atoms with van der Waals surface area (Å²) < 4.78 is 24.2. The average molecular weight is 254 g/mol. The second-order valence-electron chi connectivity index (χ2n) is 5.41. The SMILES string of the molecule is COc1ccc(F)cc1C1(O)CCOC(C)(C)C1. The zero-order valence-electron chi connectivity index (χ0n) is 11.0. The fourth-order valence-electron chi connectivity index (χ4n) is 2.61. The van der Waals surface area contributed by atoms with Gasteiger partial charge < -0.3 is 14.6 Å². The Kier molecular flexibility index (Phi) is 3.34. The summed E-state index contributed by atoms with van der Waals surface area (Å²) in [4.78, 5) is 0. The molecule has 1 aromatic carbocycles. The lowest BCUT2D eigenvalue weighted by Gasteiger charge is -2.42. The molecule has 2 rings (SSSR count). The predicted octanol–water partition coefficient (Wildman–Crippen LogP) is 2.61. The van der Waals surface area contributed by atoms with Crippen LogP contribution in [0.25, 0.3) is 0 Å². The van der Waals surface area contributed by atoms with E-state index in [1.807, 2.05) is 13.8 Å². The van der Waals surface area contributed by atoms with Crippen molar-refractivity contribution in [3.05, 3.63) is 29.6 Å². The fourth-order valence-corrected chi connectivity index (χ4v) is 2.61. The third-order valence-corrected chi connectivity index (χ3v) is 3.39. The lowest BCUT2D eigenvalue weighted by Crippen LogP contribution is -2.44. The summed E-state index contributed by atoms with van der Waals surface area (Å²) in [5, 5.41) is 10.8. The molecule has 0 radical (unpaired) electrons. The molecule has 1 aliphatic rings. The van der Waals surface area contributed by atoms with Gasteiger partial charge in [0.25, 0.3) is 0 Å². The Morgan fingerprint density at radius 2 is 2.11 bits per heavy atom. The van der Waals surface area contributed by atoms with E-state index < -0.39 is 11.2 Å². The molecule has 0 bridgehead atoms. The molecule has 1 N–H and O–H groups in total. The molecule has 0 amide bonds. The van der Waals surface area contributed by atoms with Crippen LogP contribution in [0.1, 0.15) is 32.3 Å². The van der Waals surface area contributed by atoms with E-state index in [1.165, 1.54) is 19.2 Å². The third kappa shape index (κ3) is 2.49. The van der Waals surface area contributed by atoms with Gasteiger partial charge in [0.2, 0.25) is 0 Å². The summed E-state index contributed by atoms with van der Waals surface area (Å²) >= 11 is 0. The van der Waals surface area contributed by atoms with E-state index in [0.29, 0.717) is 30.8 Å². The van der Waals surface area contributed by atoms with Crippen molar-refractivity contribution in [3.8, 4) is 5.75 Å². The third-order valence-electron chi connectivity index (χ3n) is 3.39. The fraction of sp³-hybridized carbons (Fsp3) is 0.571. The van der Waals surface area contributed by atoms with Crippen LogP contribution < -0.4 is 4.74 Å². The number of halogens is 1. The second-order valence-corrected chi connectivity index (χ2v) is 5.41. The smallest absolute Gasteiger partial charge is 0.125 e. The van der Waals surface area contributed by atoms with Gasteiger partial charge in [-0.25, -0.2) is 4.39 Å². The summed E-state index contributed by atoms with van der Waals surface area (Å²) in [6, 6.07) is 4.22. The van der Waals surface area contributed by atoms with E-state index in [-0.39, 0.29) is 5.82 Å². The number of hydrogen-bond acceptors (Lipinski definition) is 3. The molecule has 0 saturated carbocycles. The van der Waals surface area contributed by atoms with Crippen molar-refractivity contribution in [1.29, 1.82) is 0 Å². The number of ether oxygens (including phenoxy) is 2. The van der Waals surface area contributed by atoms with Crippen molar-refractivity contribution < 1.29 is 19.0 Å². The van der Waals surface area contributed by atoms with E-state index in [1.54, 1.807) is 6.07 Å². The summed E-state index contributed by atoms with van der Waals surface area (Å²) in [6.45, 7) is 4.29. The van der Waals surface area contributed by atoms with Crippen molar-refractivity contribution in [2.45, 2.75) is 37.9 Å². The van der Waals surface area contributed by atoms with E-state index in [4.69, 9.17) is 9.47 Å². The molecule has 0 aliphatic carbocycles. The highest BCUT2D eigenvalue weighted by atomic mass is 19.1. The minimum Gasteiger partial charge on any atom is -0.496 e. The summed E-state index contributed by atoms with van der Waals surface area (Å²) in [5.41, 5.74) is -1.03. The maximum absolute atomic E-state index is 13.4. The van der Waals surface area contributed by atoms with Gasteiger partial charge >= 0.3 is 0 Å². The average Bonchev–Trinajstić information content (AvgIpc) is 2.27. The van der Waals surface area contributed by atoms with Gasteiger partial charge in [-0.15, -0.1) is 0 Å². The van der Waals surface area contributed by atoms with Crippen LogP contribution in [0.15, 0.2) is 18.2 Å². The maximum atomic E-state index is 13.4. The number of methoxy groups -OCH3 is 1. The number of hydrogen-bond donors (Lipinski definition) is 1. The zero-order valence-corrected chi connectivity index (χ0v) is 11.0. The van der Waals surface area contributed by atoms with Gasteiger partial charge in [-0.05, 0) is 32.0 Å². The van der Waals surface area contributed by atoms with Crippen LogP contribution >= 0.6 is 0 Å². The Balaban J connectivity index is 2.43. The Labute approximate surface area is 107 Å². The van der Waals surface area contributed by atoms with Gasteiger partial charge in [-0.3, -0.25) is 0 Å². The first-order valence-corrected chi connectivity index (χ1v) is 6.07. The quantitative estimate of drug-likeness (QED) is 0.881. The van der Waals surface area contributed by atoms with E-state index in [2.05, 4.69) is 0 Å². The summed E-state index contributed by atoms with van der Waals surface area (Å²) in [5.74, 6) is 0.139. The lowest BCUT2D eigenvalue weighted by atomic mass is 9.79. The van der Waals surface area contributed by atoms with Gasteiger partial charge in [0, 0.05) is 18.4 Å². The van der Waals surface area contributed by atoms with Crippen LogP contribution in [0.4, 0.5) is 4.39 Å². The standard InChI is InChI=1S/C14H19FO3/c1-13(2)9-14(16,6-7-18-13)11-8-10(15)4-5-12(11)17-3/h4-5,8,16H,6-7,9H2,1-3H3. The molecule has 1 atom stereocenters. The number of aliphatic hydroxyl groups is 1. The minimum atomic E-state index is -1.10. The van der Waals surface area contributed by atoms with Crippen molar-refractivity contribution in [1.82, 2.24) is 0 Å². The van der Waals surface area contributed by atoms with Crippen molar-refractivity contribution in [2.24, 2.45) is 0 Å². The first-order chi connectivity index (χ1) is 8.36. The lowest BCUT2D eigenvalue weighted by molar-refractivity contribution is -0.148. The summed E-state index contributed by atoms with van der Waals surface area (Å²) in [7, 11) is 1.52. The van der Waals surface area contributed by atoms with Gasteiger partial charge in [0.15, 0.2) is 0 Å². The molecule has 18 heavy (non-hydrogen) atoms. The molecule has 1 saturated heterocycles. The molecule has 1 heterocycles. The first kappa shape index (κ1) is 13.3. The highest BCUT2D eigenvalue weighted by Gasteiger charge is 2.42. The second kappa shape index (κ2) is 4.52. The highest BCUT2D eigenvalue weighted by Crippen LogP contribution is 2.42. The molecule has 100 valence electrons. The van der Waals surface area contributed by atoms with Gasteiger partial charge in [0.1, 0.15) is 11.6 Å². The molecule has 0 spiro atoms. The van der Waals surface area contributed by atoms with Crippen LogP contribution in [0.3, 0.4) is 0 Å². The molecule has 1 unspecified atom stereocenters. The zero-order chi connectivity index (χ0) is 13.4. The monoisotopic (exact) mass is 254 g/mol. The van der Waals surface area contributed by atoms with Crippen LogP contribution in [-0.2, 0) is 10.3 Å². The molecule has 1 aromatic rings. The number of rotatable bonds is 2. The van der Waals surface area contributed by atoms with Crippen LogP contribution in [0, 0.1) is 5.82 Å². The molecular weight excluding hydrogens is 235 g/mol. The van der Waals surface area contributed by atoms with Gasteiger partial charge in [0.05, 0.1) is 24.9 Å². The molecule has 0 aromatic heterocycles. The van der Waals surface area contributed by atoms with Crippen molar-refractivity contribution in [2.75, 3.05) is 13.7 Å². The minimum absolute atomic E-state index is 0.372. The molecule has 3 nitrogen and oxygen atoms in total. The molecule has 4 heteroatoms.